The molecular formula is C12H12Cl3NO. The third-order valence-corrected chi connectivity index (χ3v) is 3.69. The predicted octanol–water partition coefficient (Wildman–Crippen LogP) is 3.97. The topological polar surface area (TPSA) is 29.1 Å². The number of hydrogen-bond acceptors (Lipinski definition) is 2. The fourth-order valence-corrected chi connectivity index (χ4v) is 3.03. The summed E-state index contributed by atoms with van der Waals surface area (Å²) in [5.74, 6) is -0.0450. The van der Waals surface area contributed by atoms with Gasteiger partial charge >= 0.3 is 0 Å². The summed E-state index contributed by atoms with van der Waals surface area (Å²) in [4.78, 5) is 12.3. The van der Waals surface area contributed by atoms with Crippen molar-refractivity contribution in [3.8, 4) is 0 Å². The molecule has 5 heteroatoms. The summed E-state index contributed by atoms with van der Waals surface area (Å²) in [6.07, 6.45) is 2.98. The van der Waals surface area contributed by atoms with E-state index < -0.39 is 0 Å². The van der Waals surface area contributed by atoms with Gasteiger partial charge in [-0.3, -0.25) is 4.79 Å². The maximum atomic E-state index is 12.3. The summed E-state index contributed by atoms with van der Waals surface area (Å²) >= 11 is 17.9. The standard InChI is InChI=1S/C12H12Cl3NO/c13-7-5-8(14)11(9(15)6-7)12(17)10-3-1-2-4-16-10/h5-6,10,16H,1-4H2. The number of rotatable bonds is 2. The van der Waals surface area contributed by atoms with E-state index in [1.165, 1.54) is 0 Å². The van der Waals surface area contributed by atoms with E-state index in [4.69, 9.17) is 34.8 Å². The van der Waals surface area contributed by atoms with E-state index in [1.54, 1.807) is 12.1 Å². The summed E-state index contributed by atoms with van der Waals surface area (Å²) in [6, 6.07) is 2.91. The summed E-state index contributed by atoms with van der Waals surface area (Å²) in [5, 5.41) is 4.26. The van der Waals surface area contributed by atoms with Crippen LogP contribution in [0.2, 0.25) is 15.1 Å². The average Bonchev–Trinajstić information content (AvgIpc) is 2.28. The molecule has 1 unspecified atom stereocenters. The minimum absolute atomic E-state index is 0.0450. The third-order valence-electron chi connectivity index (χ3n) is 2.88. The van der Waals surface area contributed by atoms with Gasteiger partial charge in [-0.05, 0) is 31.5 Å². The van der Waals surface area contributed by atoms with Crippen LogP contribution in [0.4, 0.5) is 0 Å². The van der Waals surface area contributed by atoms with Gasteiger partial charge in [-0.1, -0.05) is 41.2 Å². The van der Waals surface area contributed by atoms with Crippen LogP contribution >= 0.6 is 34.8 Å². The highest BCUT2D eigenvalue weighted by molar-refractivity contribution is 6.42. The number of Topliss-reactive ketones (excluding diaryl/α,β-unsaturated/α-hetero) is 1. The smallest absolute Gasteiger partial charge is 0.182 e. The number of halogens is 3. The first-order valence-electron chi connectivity index (χ1n) is 5.51. The van der Waals surface area contributed by atoms with Crippen molar-refractivity contribution < 1.29 is 4.79 Å². The zero-order valence-electron chi connectivity index (χ0n) is 9.10. The van der Waals surface area contributed by atoms with E-state index in [9.17, 15) is 4.79 Å². The molecule has 1 aliphatic rings. The molecule has 0 radical (unpaired) electrons. The Labute approximate surface area is 115 Å². The molecule has 17 heavy (non-hydrogen) atoms. The number of piperidine rings is 1. The van der Waals surface area contributed by atoms with Crippen molar-refractivity contribution in [2.75, 3.05) is 6.54 Å². The lowest BCUT2D eigenvalue weighted by molar-refractivity contribution is 0.0927. The van der Waals surface area contributed by atoms with E-state index in [0.29, 0.717) is 20.6 Å². The molecule has 0 aliphatic carbocycles. The van der Waals surface area contributed by atoms with Crippen molar-refractivity contribution in [2.45, 2.75) is 25.3 Å². The zero-order chi connectivity index (χ0) is 12.4. The quantitative estimate of drug-likeness (QED) is 0.836. The molecule has 0 spiro atoms. The highest BCUT2D eigenvalue weighted by Gasteiger charge is 2.25. The molecular weight excluding hydrogens is 280 g/mol. The van der Waals surface area contributed by atoms with Gasteiger partial charge in [0, 0.05) is 5.02 Å². The molecule has 0 aromatic heterocycles. The van der Waals surface area contributed by atoms with Crippen LogP contribution in [0.3, 0.4) is 0 Å². The van der Waals surface area contributed by atoms with Gasteiger partial charge in [0.05, 0.1) is 21.7 Å². The fraction of sp³-hybridized carbons (Fsp3) is 0.417. The van der Waals surface area contributed by atoms with Crippen molar-refractivity contribution in [3.63, 3.8) is 0 Å². The molecule has 2 rings (SSSR count). The lowest BCUT2D eigenvalue weighted by atomic mass is 9.96. The minimum Gasteiger partial charge on any atom is -0.307 e. The molecule has 1 saturated heterocycles. The molecule has 0 amide bonds. The molecule has 1 aromatic carbocycles. The second kappa shape index (κ2) is 5.57. The van der Waals surface area contributed by atoms with E-state index in [0.717, 1.165) is 25.8 Å². The van der Waals surface area contributed by atoms with E-state index in [-0.39, 0.29) is 11.8 Å². The van der Waals surface area contributed by atoms with Gasteiger partial charge in [-0.25, -0.2) is 0 Å². The summed E-state index contributed by atoms with van der Waals surface area (Å²) in [6.45, 7) is 0.860. The van der Waals surface area contributed by atoms with Gasteiger partial charge in [0.15, 0.2) is 5.78 Å². The van der Waals surface area contributed by atoms with Crippen LogP contribution in [0.5, 0.6) is 0 Å². The van der Waals surface area contributed by atoms with Gasteiger partial charge in [-0.2, -0.15) is 0 Å². The molecule has 2 nitrogen and oxygen atoms in total. The second-order valence-electron chi connectivity index (χ2n) is 4.11. The molecule has 1 aromatic rings. The Balaban J connectivity index is 2.30. The average molecular weight is 293 g/mol. The van der Waals surface area contributed by atoms with E-state index in [2.05, 4.69) is 5.32 Å². The van der Waals surface area contributed by atoms with Gasteiger partial charge in [0.2, 0.25) is 0 Å². The lowest BCUT2D eigenvalue weighted by Gasteiger charge is -2.23. The van der Waals surface area contributed by atoms with Gasteiger partial charge < -0.3 is 5.32 Å². The molecule has 1 aliphatic heterocycles. The summed E-state index contributed by atoms with van der Waals surface area (Å²) < 4.78 is 0. The maximum Gasteiger partial charge on any atom is 0.182 e. The number of nitrogens with one attached hydrogen (secondary N) is 1. The highest BCUT2D eigenvalue weighted by atomic mass is 35.5. The monoisotopic (exact) mass is 291 g/mol. The van der Waals surface area contributed by atoms with E-state index in [1.807, 2.05) is 0 Å². The largest absolute Gasteiger partial charge is 0.307 e. The van der Waals surface area contributed by atoms with Crippen molar-refractivity contribution in [1.82, 2.24) is 5.32 Å². The summed E-state index contributed by atoms with van der Waals surface area (Å²) in [7, 11) is 0. The predicted molar refractivity (Wildman–Crippen MR) is 71.4 cm³/mol. The highest BCUT2D eigenvalue weighted by Crippen LogP contribution is 2.30. The Hall–Kier alpha value is -0.280. The van der Waals surface area contributed by atoms with Crippen molar-refractivity contribution in [2.24, 2.45) is 0 Å². The molecule has 1 fully saturated rings. The van der Waals surface area contributed by atoms with E-state index >= 15 is 0 Å². The number of carbonyl (C=O) groups excluding carboxylic acids is 1. The number of benzene rings is 1. The Morgan fingerprint density at radius 3 is 2.35 bits per heavy atom. The molecule has 1 N–H and O–H groups in total. The molecule has 1 atom stereocenters. The van der Waals surface area contributed by atoms with Crippen molar-refractivity contribution in [1.29, 1.82) is 0 Å². The molecule has 0 bridgehead atoms. The Bertz CT molecular complexity index is 418. The van der Waals surface area contributed by atoms with Crippen LogP contribution in [0.1, 0.15) is 29.6 Å². The number of hydrogen-bond donors (Lipinski definition) is 1. The Kier molecular flexibility index (Phi) is 4.31. The van der Waals surface area contributed by atoms with Crippen LogP contribution in [0, 0.1) is 0 Å². The van der Waals surface area contributed by atoms with Crippen molar-refractivity contribution in [3.05, 3.63) is 32.8 Å². The Morgan fingerprint density at radius 2 is 1.82 bits per heavy atom. The van der Waals surface area contributed by atoms with Gasteiger partial charge in [0.25, 0.3) is 0 Å². The first kappa shape index (κ1) is 13.2. The Morgan fingerprint density at radius 1 is 1.18 bits per heavy atom. The molecule has 1 heterocycles. The number of ketones is 1. The van der Waals surface area contributed by atoms with Crippen molar-refractivity contribution >= 4 is 40.6 Å². The summed E-state index contributed by atoms with van der Waals surface area (Å²) in [5.41, 5.74) is 0.372. The number of carbonyl (C=O) groups is 1. The lowest BCUT2D eigenvalue weighted by Crippen LogP contribution is -2.40. The maximum absolute atomic E-state index is 12.3. The molecule has 0 saturated carbocycles. The minimum atomic E-state index is -0.181. The third kappa shape index (κ3) is 2.94. The second-order valence-corrected chi connectivity index (χ2v) is 5.36. The zero-order valence-corrected chi connectivity index (χ0v) is 11.4. The van der Waals surface area contributed by atoms with Crippen LogP contribution in [-0.2, 0) is 0 Å². The SMILES string of the molecule is O=C(c1c(Cl)cc(Cl)cc1Cl)C1CCCCN1. The van der Waals surface area contributed by atoms with Gasteiger partial charge in [0.1, 0.15) is 0 Å². The van der Waals surface area contributed by atoms with Crippen LogP contribution in [-0.4, -0.2) is 18.4 Å². The normalized spacial score (nSPS) is 20.3. The van der Waals surface area contributed by atoms with Crippen LogP contribution in [0.25, 0.3) is 0 Å². The van der Waals surface area contributed by atoms with Crippen LogP contribution < -0.4 is 5.32 Å². The van der Waals surface area contributed by atoms with Crippen LogP contribution in [0.15, 0.2) is 12.1 Å². The first-order valence-corrected chi connectivity index (χ1v) is 6.65. The first-order chi connectivity index (χ1) is 8.09. The fourth-order valence-electron chi connectivity index (χ4n) is 2.03. The molecule has 92 valence electrons. The van der Waals surface area contributed by atoms with Gasteiger partial charge in [-0.15, -0.1) is 0 Å².